The summed E-state index contributed by atoms with van der Waals surface area (Å²) in [5.74, 6) is -0.297. The van der Waals surface area contributed by atoms with Gasteiger partial charge in [-0.3, -0.25) is 4.79 Å². The lowest BCUT2D eigenvalue weighted by molar-refractivity contribution is 0.102. The van der Waals surface area contributed by atoms with Gasteiger partial charge in [0.2, 0.25) is 0 Å². The molecule has 140 valence electrons. The number of aryl methyl sites for hydroxylation is 3. The van der Waals surface area contributed by atoms with Crippen LogP contribution < -0.4 is 5.32 Å². The van der Waals surface area contributed by atoms with Gasteiger partial charge in [0.05, 0.1) is 27.4 Å². The number of hydrogen-bond acceptors (Lipinski definition) is 3. The van der Waals surface area contributed by atoms with E-state index in [4.69, 9.17) is 11.6 Å². The summed E-state index contributed by atoms with van der Waals surface area (Å²) in [6.07, 6.45) is 1.50. The van der Waals surface area contributed by atoms with Gasteiger partial charge >= 0.3 is 0 Å². The van der Waals surface area contributed by atoms with E-state index in [1.165, 1.54) is 11.8 Å². The van der Waals surface area contributed by atoms with Crippen molar-refractivity contribution in [3.63, 3.8) is 0 Å². The summed E-state index contributed by atoms with van der Waals surface area (Å²) in [6, 6.07) is 15.5. The number of hydrogen-bond donors (Lipinski definition) is 1. The molecule has 0 aliphatic carbocycles. The Labute approximate surface area is 168 Å². The number of para-hydroxylation sites is 1. The Morgan fingerprint density at radius 3 is 2.50 bits per heavy atom. The van der Waals surface area contributed by atoms with Crippen molar-refractivity contribution >= 4 is 34.2 Å². The molecule has 5 nitrogen and oxygen atoms in total. The molecule has 0 saturated carbocycles. The van der Waals surface area contributed by atoms with Crippen molar-refractivity contribution in [3.8, 4) is 5.69 Å². The van der Waals surface area contributed by atoms with Crippen LogP contribution >= 0.6 is 11.6 Å². The van der Waals surface area contributed by atoms with Crippen molar-refractivity contribution in [2.24, 2.45) is 0 Å². The zero-order valence-electron chi connectivity index (χ0n) is 15.8. The van der Waals surface area contributed by atoms with Crippen LogP contribution in [0.2, 0.25) is 5.02 Å². The first-order valence-corrected chi connectivity index (χ1v) is 9.31. The largest absolute Gasteiger partial charge is 0.322 e. The molecule has 0 saturated heterocycles. The third-order valence-corrected chi connectivity index (χ3v) is 5.21. The molecule has 0 aliphatic heterocycles. The summed E-state index contributed by atoms with van der Waals surface area (Å²) in [6.45, 7) is 5.90. The number of benzene rings is 2. The second kappa shape index (κ2) is 7.09. The van der Waals surface area contributed by atoms with E-state index in [2.05, 4.69) is 15.4 Å². The van der Waals surface area contributed by atoms with Crippen LogP contribution in [-0.4, -0.2) is 20.7 Å². The molecule has 4 rings (SSSR count). The fourth-order valence-electron chi connectivity index (χ4n) is 3.13. The van der Waals surface area contributed by atoms with Crippen molar-refractivity contribution in [1.29, 1.82) is 0 Å². The van der Waals surface area contributed by atoms with Crippen LogP contribution in [0.3, 0.4) is 0 Å². The number of carbonyl (C=O) groups excluding carboxylic acids is 1. The van der Waals surface area contributed by atoms with Crippen LogP contribution in [0.25, 0.3) is 16.7 Å². The average Bonchev–Trinajstić information content (AvgIpc) is 3.03. The molecular formula is C22H19ClN4O. The van der Waals surface area contributed by atoms with E-state index in [9.17, 15) is 4.79 Å². The number of nitrogens with one attached hydrogen (secondary N) is 1. The quantitative estimate of drug-likeness (QED) is 0.519. The van der Waals surface area contributed by atoms with Crippen molar-refractivity contribution < 1.29 is 4.79 Å². The molecule has 4 aromatic rings. The van der Waals surface area contributed by atoms with Crippen LogP contribution in [0.4, 0.5) is 5.69 Å². The molecule has 28 heavy (non-hydrogen) atoms. The number of aromatic nitrogens is 3. The lowest BCUT2D eigenvalue weighted by atomic mass is 10.1. The number of pyridine rings is 1. The van der Waals surface area contributed by atoms with Gasteiger partial charge in [-0.05, 0) is 56.2 Å². The summed E-state index contributed by atoms with van der Waals surface area (Å²) < 4.78 is 1.74. The van der Waals surface area contributed by atoms with Crippen LogP contribution in [0.5, 0.6) is 0 Å². The predicted molar refractivity (Wildman–Crippen MR) is 112 cm³/mol. The van der Waals surface area contributed by atoms with Gasteiger partial charge in [-0.2, -0.15) is 5.10 Å². The molecule has 1 N–H and O–H groups in total. The number of anilines is 1. The van der Waals surface area contributed by atoms with Crippen LogP contribution in [0.1, 0.15) is 27.2 Å². The molecule has 0 fully saturated rings. The minimum absolute atomic E-state index is 0.297. The summed E-state index contributed by atoms with van der Waals surface area (Å²) in [7, 11) is 0. The van der Waals surface area contributed by atoms with E-state index >= 15 is 0 Å². The van der Waals surface area contributed by atoms with E-state index < -0.39 is 0 Å². The highest BCUT2D eigenvalue weighted by Crippen LogP contribution is 2.30. The topological polar surface area (TPSA) is 59.8 Å². The lowest BCUT2D eigenvalue weighted by Gasteiger charge is -2.09. The predicted octanol–water partition coefficient (Wildman–Crippen LogP) is 5.25. The maximum atomic E-state index is 12.8. The highest BCUT2D eigenvalue weighted by molar-refractivity contribution is 6.39. The molecule has 0 aliphatic rings. The molecule has 0 atom stereocenters. The SMILES string of the molecule is Cc1ccc(NC(=O)c2cnc3c(c(C)nn3-c3ccccc3)c2Cl)cc1C. The van der Waals surface area contributed by atoms with Crippen molar-refractivity contribution in [2.45, 2.75) is 20.8 Å². The summed E-state index contributed by atoms with van der Waals surface area (Å²) >= 11 is 6.61. The van der Waals surface area contributed by atoms with E-state index in [-0.39, 0.29) is 5.91 Å². The second-order valence-corrected chi connectivity index (χ2v) is 7.15. The van der Waals surface area contributed by atoms with E-state index in [0.29, 0.717) is 21.6 Å². The van der Waals surface area contributed by atoms with Crippen LogP contribution in [0, 0.1) is 20.8 Å². The molecule has 0 unspecified atom stereocenters. The highest BCUT2D eigenvalue weighted by Gasteiger charge is 2.20. The molecule has 0 radical (unpaired) electrons. The Kier molecular flexibility index (Phi) is 4.61. The van der Waals surface area contributed by atoms with E-state index in [1.54, 1.807) is 4.68 Å². The molecular weight excluding hydrogens is 372 g/mol. The zero-order chi connectivity index (χ0) is 19.8. The lowest BCUT2D eigenvalue weighted by Crippen LogP contribution is -2.13. The van der Waals surface area contributed by atoms with Gasteiger partial charge in [0, 0.05) is 11.9 Å². The Morgan fingerprint density at radius 1 is 1.04 bits per heavy atom. The van der Waals surface area contributed by atoms with Crippen molar-refractivity contribution in [2.75, 3.05) is 5.32 Å². The van der Waals surface area contributed by atoms with Crippen molar-refractivity contribution in [1.82, 2.24) is 14.8 Å². The van der Waals surface area contributed by atoms with Gasteiger partial charge in [-0.15, -0.1) is 0 Å². The normalized spacial score (nSPS) is 11.0. The fourth-order valence-corrected chi connectivity index (χ4v) is 3.49. The monoisotopic (exact) mass is 390 g/mol. The summed E-state index contributed by atoms with van der Waals surface area (Å²) in [5.41, 5.74) is 5.55. The van der Waals surface area contributed by atoms with Gasteiger partial charge in [0.25, 0.3) is 5.91 Å². The molecule has 0 spiro atoms. The van der Waals surface area contributed by atoms with Gasteiger partial charge in [-0.25, -0.2) is 9.67 Å². The number of nitrogens with zero attached hydrogens (tertiary/aromatic N) is 3. The fraction of sp³-hybridized carbons (Fsp3) is 0.136. The minimum atomic E-state index is -0.297. The first-order valence-electron chi connectivity index (χ1n) is 8.93. The minimum Gasteiger partial charge on any atom is -0.322 e. The standard InChI is InChI=1S/C22H19ClN4O/c1-13-9-10-16(11-14(13)2)25-22(28)18-12-24-21-19(20(18)23)15(3)26-27(21)17-7-5-4-6-8-17/h4-12H,1-3H3,(H,25,28). The Balaban J connectivity index is 1.75. The van der Waals surface area contributed by atoms with Gasteiger partial charge in [0.15, 0.2) is 5.65 Å². The van der Waals surface area contributed by atoms with Gasteiger partial charge < -0.3 is 5.32 Å². The molecule has 1 amide bonds. The molecule has 2 aromatic carbocycles. The molecule has 2 heterocycles. The number of fused-ring (bicyclic) bond motifs is 1. The van der Waals surface area contributed by atoms with Crippen LogP contribution in [-0.2, 0) is 0 Å². The smallest absolute Gasteiger partial charge is 0.258 e. The van der Waals surface area contributed by atoms with E-state index in [0.717, 1.165) is 22.6 Å². The van der Waals surface area contributed by atoms with E-state index in [1.807, 2.05) is 69.3 Å². The Morgan fingerprint density at radius 2 is 1.79 bits per heavy atom. The maximum absolute atomic E-state index is 12.8. The third kappa shape index (κ3) is 3.14. The Hall–Kier alpha value is -3.18. The highest BCUT2D eigenvalue weighted by atomic mass is 35.5. The summed E-state index contributed by atoms with van der Waals surface area (Å²) in [4.78, 5) is 17.3. The number of rotatable bonds is 3. The Bertz CT molecular complexity index is 1200. The summed E-state index contributed by atoms with van der Waals surface area (Å²) in [5, 5.41) is 8.50. The maximum Gasteiger partial charge on any atom is 0.258 e. The molecule has 2 aromatic heterocycles. The zero-order valence-corrected chi connectivity index (χ0v) is 16.6. The van der Waals surface area contributed by atoms with Gasteiger partial charge in [-0.1, -0.05) is 35.9 Å². The van der Waals surface area contributed by atoms with Crippen LogP contribution in [0.15, 0.2) is 54.7 Å². The molecule has 6 heteroatoms. The third-order valence-electron chi connectivity index (χ3n) is 4.82. The molecule has 0 bridgehead atoms. The number of amides is 1. The van der Waals surface area contributed by atoms with Gasteiger partial charge in [0.1, 0.15) is 0 Å². The second-order valence-electron chi connectivity index (χ2n) is 6.77. The average molecular weight is 391 g/mol. The number of carbonyl (C=O) groups is 1. The van der Waals surface area contributed by atoms with Crippen molar-refractivity contribution in [3.05, 3.63) is 82.1 Å². The number of halogens is 1. The first-order chi connectivity index (χ1) is 13.5. The first kappa shape index (κ1) is 18.2.